The third-order valence-electron chi connectivity index (χ3n) is 2.54. The summed E-state index contributed by atoms with van der Waals surface area (Å²) in [5, 5.41) is 0.0836. The lowest BCUT2D eigenvalue weighted by molar-refractivity contribution is 0.601. The van der Waals surface area contributed by atoms with Crippen LogP contribution >= 0.6 is 23.2 Å². The Morgan fingerprint density at radius 3 is 2.60 bits per heavy atom. The Morgan fingerprint density at radius 2 is 1.95 bits per heavy atom. The summed E-state index contributed by atoms with van der Waals surface area (Å²) in [6.07, 6.45) is 1.50. The molecule has 0 fully saturated rings. The van der Waals surface area contributed by atoms with Gasteiger partial charge < -0.3 is 5.73 Å². The first-order valence-corrected chi connectivity index (χ1v) is 7.74. The minimum absolute atomic E-state index is 0.0217. The van der Waals surface area contributed by atoms with Crippen LogP contribution < -0.4 is 10.5 Å². The van der Waals surface area contributed by atoms with Crippen molar-refractivity contribution in [2.24, 2.45) is 0 Å². The lowest BCUT2D eigenvalue weighted by Crippen LogP contribution is -2.15. The summed E-state index contributed by atoms with van der Waals surface area (Å²) in [5.74, 6) is 0.203. The van der Waals surface area contributed by atoms with Crippen LogP contribution in [0.2, 0.25) is 10.0 Å². The average Bonchev–Trinajstić information content (AvgIpc) is 2.35. The smallest absolute Gasteiger partial charge is 0.264 e. The largest absolute Gasteiger partial charge is 0.396 e. The highest BCUT2D eigenvalue weighted by Gasteiger charge is 2.21. The summed E-state index contributed by atoms with van der Waals surface area (Å²) >= 11 is 11.7. The van der Waals surface area contributed by atoms with Gasteiger partial charge in [0.05, 0.1) is 15.7 Å². The number of nitrogens with zero attached hydrogens (tertiary/aromatic N) is 1. The zero-order chi connectivity index (χ0) is 14.9. The summed E-state index contributed by atoms with van der Waals surface area (Å²) < 4.78 is 26.9. The fourth-order valence-electron chi connectivity index (χ4n) is 1.54. The van der Waals surface area contributed by atoms with Gasteiger partial charge in [0.25, 0.3) is 10.0 Å². The Morgan fingerprint density at radius 1 is 1.25 bits per heavy atom. The van der Waals surface area contributed by atoms with Crippen LogP contribution in [0.3, 0.4) is 0 Å². The average molecular weight is 332 g/mol. The highest BCUT2D eigenvalue weighted by molar-refractivity contribution is 7.92. The molecule has 0 radical (unpaired) electrons. The van der Waals surface area contributed by atoms with Crippen LogP contribution in [0.1, 0.15) is 5.56 Å². The number of pyridine rings is 1. The molecule has 3 N–H and O–H groups in total. The van der Waals surface area contributed by atoms with Gasteiger partial charge in [-0.05, 0) is 36.8 Å². The molecule has 0 spiro atoms. The SMILES string of the molecule is Cc1ccnc(NS(=O)(=O)c2ccc(Cl)c(N)c2Cl)c1. The van der Waals surface area contributed by atoms with E-state index < -0.39 is 10.0 Å². The van der Waals surface area contributed by atoms with Crippen molar-refractivity contribution >= 4 is 44.7 Å². The second kappa shape index (κ2) is 5.47. The van der Waals surface area contributed by atoms with Gasteiger partial charge in [0, 0.05) is 6.20 Å². The van der Waals surface area contributed by atoms with Crippen LogP contribution in [0, 0.1) is 6.92 Å². The van der Waals surface area contributed by atoms with Gasteiger partial charge in [-0.15, -0.1) is 0 Å². The van der Waals surface area contributed by atoms with Crippen molar-refractivity contribution < 1.29 is 8.42 Å². The molecular weight excluding hydrogens is 321 g/mol. The number of aryl methyl sites for hydroxylation is 1. The maximum atomic E-state index is 12.3. The number of rotatable bonds is 3. The fourth-order valence-corrected chi connectivity index (χ4v) is 3.31. The molecule has 0 saturated carbocycles. The summed E-state index contributed by atoms with van der Waals surface area (Å²) in [6.45, 7) is 1.83. The molecule has 0 amide bonds. The standard InChI is InChI=1S/C12H11Cl2N3O2S/c1-7-4-5-16-10(6-7)17-20(18,19)9-3-2-8(13)12(15)11(9)14/h2-6H,15H2,1H3,(H,16,17). The van der Waals surface area contributed by atoms with Crippen molar-refractivity contribution in [3.8, 4) is 0 Å². The van der Waals surface area contributed by atoms with Crippen LogP contribution in [-0.4, -0.2) is 13.4 Å². The van der Waals surface area contributed by atoms with E-state index in [1.165, 1.54) is 18.3 Å². The zero-order valence-electron chi connectivity index (χ0n) is 10.4. The van der Waals surface area contributed by atoms with Gasteiger partial charge in [-0.3, -0.25) is 4.72 Å². The molecular formula is C12H11Cl2N3O2S. The molecule has 0 saturated heterocycles. The quantitative estimate of drug-likeness (QED) is 0.846. The van der Waals surface area contributed by atoms with E-state index in [1.54, 1.807) is 12.1 Å². The van der Waals surface area contributed by atoms with E-state index >= 15 is 0 Å². The third-order valence-corrected chi connectivity index (χ3v) is 4.78. The Labute approximate surface area is 126 Å². The van der Waals surface area contributed by atoms with Crippen LogP contribution in [0.15, 0.2) is 35.4 Å². The molecule has 5 nitrogen and oxygen atoms in total. The van der Waals surface area contributed by atoms with Gasteiger partial charge in [-0.25, -0.2) is 13.4 Å². The van der Waals surface area contributed by atoms with E-state index in [-0.39, 0.29) is 26.4 Å². The van der Waals surface area contributed by atoms with Gasteiger partial charge in [-0.1, -0.05) is 23.2 Å². The zero-order valence-corrected chi connectivity index (χ0v) is 12.7. The maximum Gasteiger partial charge on any atom is 0.264 e. The molecule has 1 heterocycles. The summed E-state index contributed by atoms with van der Waals surface area (Å²) in [6, 6.07) is 6.02. The van der Waals surface area contributed by atoms with E-state index in [1.807, 2.05) is 6.92 Å². The summed E-state index contributed by atoms with van der Waals surface area (Å²) in [5.41, 5.74) is 6.52. The molecule has 0 aliphatic carbocycles. The van der Waals surface area contributed by atoms with Crippen LogP contribution in [0.4, 0.5) is 11.5 Å². The molecule has 0 atom stereocenters. The number of nitrogens with two attached hydrogens (primary N) is 1. The monoisotopic (exact) mass is 331 g/mol. The lowest BCUT2D eigenvalue weighted by atomic mass is 10.3. The molecule has 8 heteroatoms. The number of benzene rings is 1. The number of aromatic nitrogens is 1. The Balaban J connectivity index is 2.44. The third kappa shape index (κ3) is 2.98. The molecule has 0 aliphatic rings. The highest BCUT2D eigenvalue weighted by Crippen LogP contribution is 2.33. The molecule has 1 aromatic carbocycles. The van der Waals surface area contributed by atoms with Gasteiger partial charge >= 0.3 is 0 Å². The van der Waals surface area contributed by atoms with Crippen molar-refractivity contribution in [2.45, 2.75) is 11.8 Å². The predicted octanol–water partition coefficient (Wildman–Crippen LogP) is 3.08. The van der Waals surface area contributed by atoms with Gasteiger partial charge in [-0.2, -0.15) is 0 Å². The van der Waals surface area contributed by atoms with E-state index in [0.717, 1.165) is 5.56 Å². The Hall–Kier alpha value is -1.50. The maximum absolute atomic E-state index is 12.3. The number of halogens is 2. The number of hydrogen-bond donors (Lipinski definition) is 2. The normalized spacial score (nSPS) is 11.3. The van der Waals surface area contributed by atoms with Crippen LogP contribution in [0.5, 0.6) is 0 Å². The van der Waals surface area contributed by atoms with E-state index in [9.17, 15) is 8.42 Å². The fraction of sp³-hybridized carbons (Fsp3) is 0.0833. The summed E-state index contributed by atoms with van der Waals surface area (Å²) in [7, 11) is -3.88. The van der Waals surface area contributed by atoms with Crippen LogP contribution in [-0.2, 0) is 10.0 Å². The molecule has 0 unspecified atom stereocenters. The molecule has 2 aromatic rings. The molecule has 20 heavy (non-hydrogen) atoms. The Kier molecular flexibility index (Phi) is 4.08. The first-order valence-electron chi connectivity index (χ1n) is 5.50. The van der Waals surface area contributed by atoms with Gasteiger partial charge in [0.15, 0.2) is 0 Å². The number of anilines is 2. The van der Waals surface area contributed by atoms with Gasteiger partial charge in [0.1, 0.15) is 10.7 Å². The number of nitrogens with one attached hydrogen (secondary N) is 1. The number of sulfonamides is 1. The molecule has 106 valence electrons. The predicted molar refractivity (Wildman–Crippen MR) is 80.7 cm³/mol. The van der Waals surface area contributed by atoms with Crippen molar-refractivity contribution in [2.75, 3.05) is 10.5 Å². The first-order chi connectivity index (χ1) is 9.31. The molecule has 0 aliphatic heterocycles. The molecule has 1 aromatic heterocycles. The lowest BCUT2D eigenvalue weighted by Gasteiger charge is -2.11. The molecule has 0 bridgehead atoms. The Bertz CT molecular complexity index is 763. The second-order valence-electron chi connectivity index (χ2n) is 4.10. The molecule has 2 rings (SSSR count). The topological polar surface area (TPSA) is 85.1 Å². The van der Waals surface area contributed by atoms with Crippen molar-refractivity contribution in [3.63, 3.8) is 0 Å². The van der Waals surface area contributed by atoms with Crippen molar-refractivity contribution in [1.82, 2.24) is 4.98 Å². The van der Waals surface area contributed by atoms with Gasteiger partial charge in [0.2, 0.25) is 0 Å². The van der Waals surface area contributed by atoms with E-state index in [0.29, 0.717) is 0 Å². The highest BCUT2D eigenvalue weighted by atomic mass is 35.5. The van der Waals surface area contributed by atoms with Crippen LogP contribution in [0.25, 0.3) is 0 Å². The first kappa shape index (κ1) is 14.9. The van der Waals surface area contributed by atoms with Crippen molar-refractivity contribution in [1.29, 1.82) is 0 Å². The number of nitrogen functional groups attached to an aromatic ring is 1. The van der Waals surface area contributed by atoms with E-state index in [2.05, 4.69) is 9.71 Å². The second-order valence-corrected chi connectivity index (χ2v) is 6.53. The van der Waals surface area contributed by atoms with E-state index in [4.69, 9.17) is 28.9 Å². The van der Waals surface area contributed by atoms with Crippen molar-refractivity contribution in [3.05, 3.63) is 46.1 Å². The summed E-state index contributed by atoms with van der Waals surface area (Å²) in [4.78, 5) is 3.78. The minimum atomic E-state index is -3.88. The number of hydrogen-bond acceptors (Lipinski definition) is 4. The minimum Gasteiger partial charge on any atom is -0.396 e.